The maximum absolute atomic E-state index is 11.9. The number of aliphatic hydroxyl groups is 3. The van der Waals surface area contributed by atoms with Crippen molar-refractivity contribution >= 4 is 24.1 Å². The van der Waals surface area contributed by atoms with Crippen molar-refractivity contribution < 1.29 is 44.3 Å². The van der Waals surface area contributed by atoms with E-state index in [-0.39, 0.29) is 12.4 Å². The Balaban J connectivity index is 0. The van der Waals surface area contributed by atoms with Crippen molar-refractivity contribution in [1.29, 1.82) is 0 Å². The Kier molecular flexibility index (Phi) is 12.3. The number of amides is 2. The lowest BCUT2D eigenvalue weighted by Crippen LogP contribution is -2.57. The van der Waals surface area contributed by atoms with Crippen molar-refractivity contribution in [2.24, 2.45) is 0 Å². The smallest absolute Gasteiger partial charge is 0.249 e. The Labute approximate surface area is 150 Å². The maximum atomic E-state index is 11.9. The maximum Gasteiger partial charge on any atom is 0.249 e. The van der Waals surface area contributed by atoms with Crippen molar-refractivity contribution in [1.82, 2.24) is 16.8 Å². The van der Waals surface area contributed by atoms with Gasteiger partial charge in [-0.05, 0) is 13.8 Å². The second-order valence-electron chi connectivity index (χ2n) is 5.40. The van der Waals surface area contributed by atoms with Crippen LogP contribution in [0.2, 0.25) is 0 Å². The summed E-state index contributed by atoms with van der Waals surface area (Å²) in [6.07, 6.45) is -6.24. The largest absolute Gasteiger partial charge is 0.548 e. The molecule has 26 heavy (non-hydrogen) atoms. The molecule has 0 fully saturated rings. The number of aldehydes is 1. The van der Waals surface area contributed by atoms with Crippen molar-refractivity contribution in [3.05, 3.63) is 0 Å². The molecule has 0 aromatic rings. The fourth-order valence-corrected chi connectivity index (χ4v) is 1.82. The molecule has 0 aromatic heterocycles. The van der Waals surface area contributed by atoms with Gasteiger partial charge in [-0.2, -0.15) is 0 Å². The van der Waals surface area contributed by atoms with Crippen molar-refractivity contribution in [3.8, 4) is 0 Å². The standard InChI is InChI=1S/C14H24N2O9.H3N/c1-6(14(23)24)15-13(22)7(2)25-12(11(21)10(20)5-18)9(4-17)16-8(3)19;/h4,6-7,9-12,18,20-21H,5H2,1-3H3,(H,15,22)(H,16,19)(H,23,24);1H3/t6-,7+,9-,10+,11+,12+;/m0./s1. The highest BCUT2D eigenvalue weighted by atomic mass is 16.5. The van der Waals surface area contributed by atoms with Gasteiger partial charge in [0.05, 0.1) is 18.6 Å². The highest BCUT2D eigenvalue weighted by molar-refractivity contribution is 5.85. The van der Waals surface area contributed by atoms with Crippen LogP contribution in [-0.2, 0) is 23.9 Å². The molecule has 0 aliphatic carbocycles. The molecule has 0 saturated heterocycles. The van der Waals surface area contributed by atoms with Crippen LogP contribution < -0.4 is 21.9 Å². The summed E-state index contributed by atoms with van der Waals surface area (Å²) in [4.78, 5) is 44.9. The highest BCUT2D eigenvalue weighted by Crippen LogP contribution is 2.12. The molecule has 6 atom stereocenters. The third-order valence-electron chi connectivity index (χ3n) is 3.23. The molecule has 0 rings (SSSR count). The summed E-state index contributed by atoms with van der Waals surface area (Å²) in [7, 11) is 0. The van der Waals surface area contributed by atoms with Gasteiger partial charge in [0.15, 0.2) is 0 Å². The predicted molar refractivity (Wildman–Crippen MR) is 85.7 cm³/mol. The van der Waals surface area contributed by atoms with Crippen LogP contribution in [0.15, 0.2) is 0 Å². The summed E-state index contributed by atoms with van der Waals surface area (Å²) in [6.45, 7) is 2.60. The average Bonchev–Trinajstić information content (AvgIpc) is 2.55. The Morgan fingerprint density at radius 3 is 2.12 bits per heavy atom. The van der Waals surface area contributed by atoms with E-state index in [1.165, 1.54) is 6.92 Å². The van der Waals surface area contributed by atoms with Gasteiger partial charge in [0.2, 0.25) is 11.8 Å². The summed E-state index contributed by atoms with van der Waals surface area (Å²) in [5, 5.41) is 43.4. The summed E-state index contributed by atoms with van der Waals surface area (Å²) in [5.74, 6) is -3.06. The number of hydrogen-bond donors (Lipinski definition) is 6. The SMILES string of the molecule is CC(=O)N[C@@H](C=O)[C@@H](O[C@H](C)C(=O)N[C@@H](C)C(=O)[O-])[C@H](O)[C@H](O)CO.[NH4+]. The number of aliphatic hydroxyl groups excluding tert-OH is 3. The van der Waals surface area contributed by atoms with Crippen molar-refractivity contribution in [2.75, 3.05) is 6.61 Å². The molecule has 0 unspecified atom stereocenters. The van der Waals surface area contributed by atoms with Gasteiger partial charge in [0.1, 0.15) is 36.7 Å². The van der Waals surface area contributed by atoms with Gasteiger partial charge in [-0.1, -0.05) is 0 Å². The van der Waals surface area contributed by atoms with Crippen LogP contribution in [0, 0.1) is 0 Å². The summed E-state index contributed by atoms with van der Waals surface area (Å²) >= 11 is 0. The van der Waals surface area contributed by atoms with Crippen LogP contribution in [-0.4, -0.2) is 82.5 Å². The fraction of sp³-hybridized carbons (Fsp3) is 0.714. The monoisotopic (exact) mass is 381 g/mol. The Morgan fingerprint density at radius 2 is 1.73 bits per heavy atom. The fourth-order valence-electron chi connectivity index (χ4n) is 1.82. The predicted octanol–water partition coefficient (Wildman–Crippen LogP) is -4.19. The minimum Gasteiger partial charge on any atom is -0.548 e. The van der Waals surface area contributed by atoms with Gasteiger partial charge in [0.25, 0.3) is 0 Å². The molecule has 0 aliphatic rings. The van der Waals surface area contributed by atoms with Gasteiger partial charge < -0.3 is 51.5 Å². The van der Waals surface area contributed by atoms with Gasteiger partial charge >= 0.3 is 0 Å². The Morgan fingerprint density at radius 1 is 1.19 bits per heavy atom. The zero-order valence-electron chi connectivity index (χ0n) is 15.0. The molecule has 0 aliphatic heterocycles. The van der Waals surface area contributed by atoms with Crippen LogP contribution in [0.5, 0.6) is 0 Å². The molecular formula is C14H27N3O9. The molecule has 9 N–H and O–H groups in total. The van der Waals surface area contributed by atoms with Crippen LogP contribution in [0.1, 0.15) is 20.8 Å². The third-order valence-corrected chi connectivity index (χ3v) is 3.23. The van der Waals surface area contributed by atoms with E-state index in [2.05, 4.69) is 10.6 Å². The Bertz CT molecular complexity index is 488. The summed E-state index contributed by atoms with van der Waals surface area (Å²) in [5.41, 5.74) is 0. The zero-order chi connectivity index (χ0) is 19.7. The first kappa shape index (κ1) is 26.1. The van der Waals surface area contributed by atoms with Crippen molar-refractivity contribution in [3.63, 3.8) is 0 Å². The first-order valence-corrected chi connectivity index (χ1v) is 7.41. The van der Waals surface area contributed by atoms with Gasteiger partial charge in [-0.3, -0.25) is 9.59 Å². The van der Waals surface area contributed by atoms with Gasteiger partial charge in [0, 0.05) is 6.92 Å². The number of carboxylic acids is 1. The minimum absolute atomic E-state index is 0. The number of quaternary nitrogens is 1. The second-order valence-corrected chi connectivity index (χ2v) is 5.40. The lowest BCUT2D eigenvalue weighted by atomic mass is 10.0. The van der Waals surface area contributed by atoms with E-state index >= 15 is 0 Å². The topological polar surface area (TPSA) is 222 Å². The molecule has 0 heterocycles. The van der Waals surface area contributed by atoms with E-state index in [1.807, 2.05) is 0 Å². The van der Waals surface area contributed by atoms with Crippen LogP contribution >= 0.6 is 0 Å². The second kappa shape index (κ2) is 12.3. The lowest BCUT2D eigenvalue weighted by molar-refractivity contribution is -0.307. The summed E-state index contributed by atoms with van der Waals surface area (Å²) in [6, 6.07) is -2.75. The van der Waals surface area contributed by atoms with Crippen LogP contribution in [0.3, 0.4) is 0 Å². The lowest BCUT2D eigenvalue weighted by Gasteiger charge is -2.32. The number of nitrogens with one attached hydrogen (secondary N) is 2. The molecule has 0 aromatic carbocycles. The van der Waals surface area contributed by atoms with Crippen LogP contribution in [0.25, 0.3) is 0 Å². The molecule has 0 spiro atoms. The molecule has 12 heteroatoms. The average molecular weight is 381 g/mol. The molecule has 152 valence electrons. The molecule has 0 radical (unpaired) electrons. The normalized spacial score (nSPS) is 17.5. The molecule has 0 bridgehead atoms. The number of carbonyl (C=O) groups excluding carboxylic acids is 4. The number of aliphatic carboxylic acids is 1. The first-order chi connectivity index (χ1) is 11.5. The summed E-state index contributed by atoms with van der Waals surface area (Å²) < 4.78 is 5.24. The molecule has 0 saturated carbocycles. The number of carbonyl (C=O) groups is 4. The zero-order valence-corrected chi connectivity index (χ0v) is 15.0. The highest BCUT2D eigenvalue weighted by Gasteiger charge is 2.36. The van der Waals surface area contributed by atoms with E-state index in [0.29, 0.717) is 0 Å². The molecule has 2 amide bonds. The number of carboxylic acid groups (broad SMARTS) is 1. The van der Waals surface area contributed by atoms with E-state index in [9.17, 15) is 34.5 Å². The number of ether oxygens (including phenoxy) is 1. The third kappa shape index (κ3) is 8.31. The number of rotatable bonds is 11. The van der Waals surface area contributed by atoms with E-state index in [0.717, 1.165) is 13.8 Å². The van der Waals surface area contributed by atoms with E-state index in [1.54, 1.807) is 0 Å². The first-order valence-electron chi connectivity index (χ1n) is 7.41. The van der Waals surface area contributed by atoms with Crippen molar-refractivity contribution in [2.45, 2.75) is 57.3 Å². The van der Waals surface area contributed by atoms with Gasteiger partial charge in [-0.25, -0.2) is 0 Å². The Hall–Kier alpha value is -2.12. The van der Waals surface area contributed by atoms with Gasteiger partial charge in [-0.15, -0.1) is 0 Å². The minimum atomic E-state index is -1.82. The van der Waals surface area contributed by atoms with E-state index in [4.69, 9.17) is 9.84 Å². The quantitative estimate of drug-likeness (QED) is 0.191. The molecular weight excluding hydrogens is 354 g/mol. The van der Waals surface area contributed by atoms with Crippen LogP contribution in [0.4, 0.5) is 0 Å². The molecule has 12 nitrogen and oxygen atoms in total. The number of hydrogen-bond acceptors (Lipinski definition) is 9. The van der Waals surface area contributed by atoms with E-state index < -0.39 is 60.9 Å².